The van der Waals surface area contributed by atoms with Crippen LogP contribution in [-0.2, 0) is 11.2 Å². The quantitative estimate of drug-likeness (QED) is 0.349. The fourth-order valence-corrected chi connectivity index (χ4v) is 5.71. The van der Waals surface area contributed by atoms with Crippen LogP contribution in [0.5, 0.6) is 0 Å². The van der Waals surface area contributed by atoms with E-state index in [1.807, 2.05) is 37.4 Å². The lowest BCUT2D eigenvalue weighted by Gasteiger charge is -2.40. The Labute approximate surface area is 200 Å². The number of aryl methyl sites for hydroxylation is 1. The Hall–Kier alpha value is -2.59. The van der Waals surface area contributed by atoms with E-state index in [0.717, 1.165) is 37.3 Å². The third-order valence-electron chi connectivity index (χ3n) is 6.44. The normalized spacial score (nSPS) is 25.2. The molecule has 0 radical (unpaired) electrons. The highest BCUT2D eigenvalue weighted by Gasteiger charge is 2.44. The van der Waals surface area contributed by atoms with Crippen LogP contribution in [0.15, 0.2) is 60.8 Å². The molecule has 0 bridgehead atoms. The summed E-state index contributed by atoms with van der Waals surface area (Å²) >= 11 is 1.63. The fraction of sp³-hybridized carbons (Fsp3) is 0.308. The number of ether oxygens (including phenoxy) is 1. The maximum atomic E-state index is 13.3. The molecule has 1 saturated heterocycles. The Kier molecular flexibility index (Phi) is 6.28. The summed E-state index contributed by atoms with van der Waals surface area (Å²) < 4.78 is 20.9. The van der Waals surface area contributed by atoms with E-state index < -0.39 is 37.3 Å². The Morgan fingerprint density at radius 1 is 0.971 bits per heavy atom. The molecule has 1 aliphatic heterocycles. The first-order chi connectivity index (χ1) is 16.4. The van der Waals surface area contributed by atoms with Crippen molar-refractivity contribution in [2.45, 2.75) is 44.0 Å². The minimum absolute atomic E-state index is 0.267. The lowest BCUT2D eigenvalue weighted by molar-refractivity contribution is -0.250. The number of hydrogen-bond donors (Lipinski definition) is 4. The highest BCUT2D eigenvalue weighted by atomic mass is 32.1. The van der Waals surface area contributed by atoms with E-state index in [4.69, 9.17) is 4.74 Å². The zero-order chi connectivity index (χ0) is 24.0. The van der Waals surface area contributed by atoms with E-state index >= 15 is 0 Å². The molecule has 1 aliphatic rings. The second-order valence-electron chi connectivity index (χ2n) is 8.70. The van der Waals surface area contributed by atoms with Gasteiger partial charge in [-0.3, -0.25) is 0 Å². The summed E-state index contributed by atoms with van der Waals surface area (Å²) in [7, 11) is 0. The van der Waals surface area contributed by atoms with Gasteiger partial charge >= 0.3 is 0 Å². The van der Waals surface area contributed by atoms with E-state index in [1.165, 1.54) is 12.1 Å². The Morgan fingerprint density at radius 2 is 1.74 bits per heavy atom. The van der Waals surface area contributed by atoms with Crippen LogP contribution in [0.1, 0.15) is 22.2 Å². The number of benzene rings is 2. The number of aliphatic hydroxyl groups is 4. The van der Waals surface area contributed by atoms with Crippen molar-refractivity contribution >= 4 is 22.2 Å². The topological polar surface area (TPSA) is 95.1 Å². The lowest BCUT2D eigenvalue weighted by atomic mass is 9.98. The molecule has 8 heteroatoms. The number of nitrogens with zero attached hydrogens (tertiary/aromatic N) is 1. The zero-order valence-electron chi connectivity index (χ0n) is 18.5. The number of rotatable bonds is 5. The zero-order valence-corrected chi connectivity index (χ0v) is 19.3. The number of halogens is 1. The van der Waals surface area contributed by atoms with E-state index in [2.05, 4.69) is 6.07 Å². The standard InChI is InChI=1S/C26H26FNO5S/c1-14-3-2-4-19-22(14)16(11-18-9-10-21(34-18)15-5-7-17(27)8-6-15)12-28(19)26-25(32)24(31)23(30)20(13-29)33-26/h2-10,12,20,23-26,29-32H,11,13H2,1H3/t20-,23-,24+,25-,26-/m1/s1. The average molecular weight is 484 g/mol. The van der Waals surface area contributed by atoms with Gasteiger partial charge in [0.25, 0.3) is 0 Å². The van der Waals surface area contributed by atoms with Gasteiger partial charge in [-0.2, -0.15) is 0 Å². The van der Waals surface area contributed by atoms with Crippen molar-refractivity contribution in [3.63, 3.8) is 0 Å². The summed E-state index contributed by atoms with van der Waals surface area (Å²) in [4.78, 5) is 2.17. The van der Waals surface area contributed by atoms with Crippen LogP contribution in [0.4, 0.5) is 4.39 Å². The van der Waals surface area contributed by atoms with Crippen molar-refractivity contribution in [1.82, 2.24) is 4.57 Å². The van der Waals surface area contributed by atoms with Gasteiger partial charge in [-0.05, 0) is 53.9 Å². The molecule has 5 rings (SSSR count). The predicted octanol–water partition coefficient (Wildman–Crippen LogP) is 3.38. The third kappa shape index (κ3) is 4.07. The SMILES string of the molecule is Cc1cccc2c1c(Cc1ccc(-c3ccc(F)cc3)s1)cn2[C@@H]1O[C@H](CO)[C@@H](O)[C@H](O)[C@H]1O. The Morgan fingerprint density at radius 3 is 2.47 bits per heavy atom. The van der Waals surface area contributed by atoms with E-state index in [0.29, 0.717) is 6.42 Å². The minimum Gasteiger partial charge on any atom is -0.394 e. The van der Waals surface area contributed by atoms with Crippen LogP contribution < -0.4 is 0 Å². The molecule has 0 saturated carbocycles. The summed E-state index contributed by atoms with van der Waals surface area (Å²) in [5.41, 5.74) is 3.87. The Bertz CT molecular complexity index is 1300. The average Bonchev–Trinajstić information content (AvgIpc) is 3.44. The van der Waals surface area contributed by atoms with Gasteiger partial charge in [0.05, 0.1) is 12.1 Å². The van der Waals surface area contributed by atoms with Gasteiger partial charge < -0.3 is 29.7 Å². The summed E-state index contributed by atoms with van der Waals surface area (Å²) in [5.74, 6) is -0.267. The molecule has 34 heavy (non-hydrogen) atoms. The molecule has 0 aliphatic carbocycles. The number of hydrogen-bond acceptors (Lipinski definition) is 6. The number of fused-ring (bicyclic) bond motifs is 1. The van der Waals surface area contributed by atoms with Crippen molar-refractivity contribution in [3.8, 4) is 10.4 Å². The molecule has 0 unspecified atom stereocenters. The molecule has 4 aromatic rings. The molecule has 5 atom stereocenters. The van der Waals surface area contributed by atoms with E-state index in [9.17, 15) is 24.8 Å². The van der Waals surface area contributed by atoms with Crippen LogP contribution in [0.3, 0.4) is 0 Å². The number of aromatic nitrogens is 1. The molecule has 3 heterocycles. The minimum atomic E-state index is -1.45. The van der Waals surface area contributed by atoms with E-state index in [1.54, 1.807) is 28.0 Å². The first-order valence-electron chi connectivity index (χ1n) is 11.1. The summed E-state index contributed by atoms with van der Waals surface area (Å²) in [6.45, 7) is 1.54. The van der Waals surface area contributed by atoms with Crippen molar-refractivity contribution in [3.05, 3.63) is 82.6 Å². The molecule has 0 amide bonds. The highest BCUT2D eigenvalue weighted by Crippen LogP contribution is 2.36. The summed E-state index contributed by atoms with van der Waals surface area (Å²) in [6.07, 6.45) is -3.63. The largest absolute Gasteiger partial charge is 0.394 e. The molecule has 1 fully saturated rings. The van der Waals surface area contributed by atoms with Crippen LogP contribution in [0.2, 0.25) is 0 Å². The number of thiophene rings is 1. The molecule has 4 N–H and O–H groups in total. The van der Waals surface area contributed by atoms with Crippen molar-refractivity contribution in [2.24, 2.45) is 0 Å². The molecule has 0 spiro atoms. The first-order valence-corrected chi connectivity index (χ1v) is 11.9. The van der Waals surface area contributed by atoms with Gasteiger partial charge in [0, 0.05) is 27.8 Å². The monoisotopic (exact) mass is 483 g/mol. The van der Waals surface area contributed by atoms with Crippen LogP contribution in [0, 0.1) is 12.7 Å². The summed E-state index contributed by atoms with van der Waals surface area (Å²) in [5, 5.41) is 41.8. The molecular formula is C26H26FNO5S. The maximum absolute atomic E-state index is 13.3. The van der Waals surface area contributed by atoms with Crippen LogP contribution in [-0.4, -0.2) is 56.0 Å². The van der Waals surface area contributed by atoms with Crippen molar-refractivity contribution in [2.75, 3.05) is 6.61 Å². The second-order valence-corrected chi connectivity index (χ2v) is 9.87. The molecule has 2 aromatic heterocycles. The summed E-state index contributed by atoms with van der Waals surface area (Å²) in [6, 6.07) is 16.4. The second kappa shape index (κ2) is 9.22. The van der Waals surface area contributed by atoms with Crippen LogP contribution in [0.25, 0.3) is 21.3 Å². The van der Waals surface area contributed by atoms with Gasteiger partial charge in [-0.15, -0.1) is 11.3 Å². The third-order valence-corrected chi connectivity index (χ3v) is 7.58. The van der Waals surface area contributed by atoms with Crippen LogP contribution >= 0.6 is 11.3 Å². The van der Waals surface area contributed by atoms with Crippen molar-refractivity contribution in [1.29, 1.82) is 0 Å². The number of aliphatic hydroxyl groups excluding tert-OH is 4. The highest BCUT2D eigenvalue weighted by molar-refractivity contribution is 7.15. The molecule has 6 nitrogen and oxygen atoms in total. The van der Waals surface area contributed by atoms with Gasteiger partial charge in [-0.1, -0.05) is 24.3 Å². The Balaban J connectivity index is 1.52. The predicted molar refractivity (Wildman–Crippen MR) is 128 cm³/mol. The molecular weight excluding hydrogens is 457 g/mol. The first kappa shape index (κ1) is 23.2. The smallest absolute Gasteiger partial charge is 0.163 e. The van der Waals surface area contributed by atoms with Gasteiger partial charge in [-0.25, -0.2) is 4.39 Å². The van der Waals surface area contributed by atoms with E-state index in [-0.39, 0.29) is 5.82 Å². The van der Waals surface area contributed by atoms with Gasteiger partial charge in [0.1, 0.15) is 30.2 Å². The van der Waals surface area contributed by atoms with Gasteiger partial charge in [0.15, 0.2) is 6.23 Å². The molecule has 2 aromatic carbocycles. The maximum Gasteiger partial charge on any atom is 0.163 e. The fourth-order valence-electron chi connectivity index (χ4n) is 4.67. The van der Waals surface area contributed by atoms with Crippen molar-refractivity contribution < 1.29 is 29.6 Å². The lowest BCUT2D eigenvalue weighted by Crippen LogP contribution is -2.56. The van der Waals surface area contributed by atoms with Gasteiger partial charge in [0.2, 0.25) is 0 Å². The molecule has 178 valence electrons.